The van der Waals surface area contributed by atoms with Crippen LogP contribution in [-0.2, 0) is 4.74 Å². The fraction of sp³-hybridized carbons (Fsp3) is 1.00. The number of unbranched alkanes of at least 4 members (excludes halogenated alkanes) is 19. The molecule has 0 amide bonds. The van der Waals surface area contributed by atoms with E-state index in [1.165, 1.54) is 122 Å². The third-order valence-corrected chi connectivity index (χ3v) is 5.50. The van der Waals surface area contributed by atoms with E-state index in [-0.39, 0.29) is 6.10 Å². The van der Waals surface area contributed by atoms with E-state index in [0.29, 0.717) is 6.61 Å². The first kappa shape index (κ1) is 26.9. The third-order valence-electron chi connectivity index (χ3n) is 5.50. The van der Waals surface area contributed by atoms with E-state index in [4.69, 9.17) is 9.84 Å². The van der Waals surface area contributed by atoms with Crippen molar-refractivity contribution in [3.8, 4) is 0 Å². The summed E-state index contributed by atoms with van der Waals surface area (Å²) in [6.45, 7) is 5.36. The summed E-state index contributed by atoms with van der Waals surface area (Å²) in [7, 11) is 0. The van der Waals surface area contributed by atoms with Gasteiger partial charge in [0.05, 0.1) is 12.7 Å². The lowest BCUT2D eigenvalue weighted by Gasteiger charge is -2.06. The molecule has 2 heteroatoms. The normalized spacial score (nSPS) is 12.6. The molecule has 1 unspecified atom stereocenters. The van der Waals surface area contributed by atoms with Crippen molar-refractivity contribution in [1.82, 2.24) is 0 Å². The lowest BCUT2D eigenvalue weighted by atomic mass is 10.0. The van der Waals surface area contributed by atoms with Gasteiger partial charge in [0.25, 0.3) is 0 Å². The second-order valence-electron chi connectivity index (χ2n) is 8.64. The highest BCUT2D eigenvalue weighted by molar-refractivity contribution is 4.51. The van der Waals surface area contributed by atoms with Crippen LogP contribution in [0.5, 0.6) is 0 Å². The van der Waals surface area contributed by atoms with Crippen molar-refractivity contribution >= 4 is 0 Å². The van der Waals surface area contributed by atoms with Gasteiger partial charge in [0, 0.05) is 6.61 Å². The lowest BCUT2D eigenvalue weighted by Crippen LogP contribution is -2.10. The molecule has 0 heterocycles. The Labute approximate surface area is 171 Å². The van der Waals surface area contributed by atoms with Gasteiger partial charge in [-0.15, -0.1) is 0 Å². The first-order chi connectivity index (χ1) is 13.3. The molecule has 0 aromatic carbocycles. The summed E-state index contributed by atoms with van der Waals surface area (Å²) in [6, 6.07) is 0. The van der Waals surface area contributed by atoms with Crippen LogP contribution in [0.3, 0.4) is 0 Å². The summed E-state index contributed by atoms with van der Waals surface area (Å²) in [6.07, 6.45) is 28.0. The van der Waals surface area contributed by atoms with E-state index in [1.54, 1.807) is 6.92 Å². The molecule has 164 valence electrons. The zero-order valence-corrected chi connectivity index (χ0v) is 19.0. The Balaban J connectivity index is 2.97. The Morgan fingerprint density at radius 1 is 0.519 bits per heavy atom. The molecule has 0 saturated heterocycles. The number of aliphatic hydroxyl groups excluding tert-OH is 1. The van der Waals surface area contributed by atoms with Crippen molar-refractivity contribution in [3.63, 3.8) is 0 Å². The highest BCUT2D eigenvalue weighted by Crippen LogP contribution is 2.14. The van der Waals surface area contributed by atoms with Crippen LogP contribution in [0.4, 0.5) is 0 Å². The fourth-order valence-corrected chi connectivity index (χ4v) is 3.71. The molecule has 0 radical (unpaired) electrons. The summed E-state index contributed by atoms with van der Waals surface area (Å²) >= 11 is 0. The molecule has 0 fully saturated rings. The maximum atomic E-state index is 9.09. The van der Waals surface area contributed by atoms with Gasteiger partial charge in [-0.3, -0.25) is 0 Å². The molecular formula is C25H52O2. The molecule has 0 aromatic rings. The minimum absolute atomic E-state index is 0.324. The molecule has 2 nitrogen and oxygen atoms in total. The molecule has 27 heavy (non-hydrogen) atoms. The number of rotatable bonds is 23. The fourth-order valence-electron chi connectivity index (χ4n) is 3.71. The standard InChI is InChI=1S/C25H52O2/c1-3-4-5-6-7-8-9-10-11-12-13-14-15-16-17-18-19-20-21-22-23-27-24-25(2)26/h25-26H,3-24H2,1-2H3. The van der Waals surface area contributed by atoms with Crippen LogP contribution in [0.1, 0.15) is 142 Å². The Morgan fingerprint density at radius 2 is 0.815 bits per heavy atom. The smallest absolute Gasteiger partial charge is 0.0745 e. The second kappa shape index (κ2) is 24.0. The topological polar surface area (TPSA) is 29.5 Å². The summed E-state index contributed by atoms with van der Waals surface area (Å²) < 4.78 is 5.38. The Hall–Kier alpha value is -0.0800. The maximum absolute atomic E-state index is 9.09. The summed E-state index contributed by atoms with van der Waals surface area (Å²) in [4.78, 5) is 0. The molecule has 0 spiro atoms. The second-order valence-corrected chi connectivity index (χ2v) is 8.64. The number of hydrogen-bond acceptors (Lipinski definition) is 2. The predicted octanol–water partition coefficient (Wildman–Crippen LogP) is 8.21. The quantitative estimate of drug-likeness (QED) is 0.180. The first-order valence-electron chi connectivity index (χ1n) is 12.5. The summed E-state index contributed by atoms with van der Waals surface area (Å²) in [5, 5.41) is 9.09. The molecule has 0 aromatic heterocycles. The highest BCUT2D eigenvalue weighted by atomic mass is 16.5. The van der Waals surface area contributed by atoms with Crippen LogP contribution >= 0.6 is 0 Å². The molecule has 1 N–H and O–H groups in total. The van der Waals surface area contributed by atoms with E-state index in [1.807, 2.05) is 0 Å². The molecular weight excluding hydrogens is 332 g/mol. The number of hydrogen-bond donors (Lipinski definition) is 1. The zero-order chi connectivity index (χ0) is 19.8. The van der Waals surface area contributed by atoms with Crippen molar-refractivity contribution in [2.45, 2.75) is 148 Å². The van der Waals surface area contributed by atoms with E-state index in [2.05, 4.69) is 6.92 Å². The Bertz CT molecular complexity index is 253. The molecule has 0 aliphatic rings. The zero-order valence-electron chi connectivity index (χ0n) is 19.0. The van der Waals surface area contributed by atoms with Crippen molar-refractivity contribution in [2.24, 2.45) is 0 Å². The highest BCUT2D eigenvalue weighted by Gasteiger charge is 1.97. The van der Waals surface area contributed by atoms with Crippen molar-refractivity contribution in [2.75, 3.05) is 13.2 Å². The maximum Gasteiger partial charge on any atom is 0.0745 e. The summed E-state index contributed by atoms with van der Waals surface area (Å²) in [5.41, 5.74) is 0. The van der Waals surface area contributed by atoms with Gasteiger partial charge in [-0.1, -0.05) is 129 Å². The first-order valence-corrected chi connectivity index (χ1v) is 12.5. The average molecular weight is 385 g/mol. The monoisotopic (exact) mass is 384 g/mol. The van der Waals surface area contributed by atoms with E-state index in [0.717, 1.165) is 13.0 Å². The van der Waals surface area contributed by atoms with Crippen LogP contribution in [0.25, 0.3) is 0 Å². The average Bonchev–Trinajstić information content (AvgIpc) is 2.65. The van der Waals surface area contributed by atoms with Crippen molar-refractivity contribution < 1.29 is 9.84 Å². The predicted molar refractivity (Wildman–Crippen MR) is 121 cm³/mol. The lowest BCUT2D eigenvalue weighted by molar-refractivity contribution is 0.0445. The number of ether oxygens (including phenoxy) is 1. The van der Waals surface area contributed by atoms with Crippen LogP contribution in [-0.4, -0.2) is 24.4 Å². The molecule has 0 rings (SSSR count). The van der Waals surface area contributed by atoms with Gasteiger partial charge >= 0.3 is 0 Å². The van der Waals surface area contributed by atoms with E-state index < -0.39 is 0 Å². The Kier molecular flexibility index (Phi) is 23.9. The SMILES string of the molecule is CCCCCCCCCCCCCCCCCCCCCCOCC(C)O. The molecule has 0 bridgehead atoms. The molecule has 0 aliphatic carbocycles. The van der Waals surface area contributed by atoms with Gasteiger partial charge in [-0.25, -0.2) is 0 Å². The van der Waals surface area contributed by atoms with Crippen molar-refractivity contribution in [1.29, 1.82) is 0 Å². The van der Waals surface area contributed by atoms with Gasteiger partial charge in [0.1, 0.15) is 0 Å². The number of aliphatic hydroxyl groups is 1. The van der Waals surface area contributed by atoms with Crippen LogP contribution in [0, 0.1) is 0 Å². The molecule has 0 saturated carbocycles. The third kappa shape index (κ3) is 25.9. The molecule has 1 atom stereocenters. The van der Waals surface area contributed by atoms with E-state index >= 15 is 0 Å². The van der Waals surface area contributed by atoms with Gasteiger partial charge in [0.15, 0.2) is 0 Å². The van der Waals surface area contributed by atoms with Gasteiger partial charge in [0.2, 0.25) is 0 Å². The van der Waals surface area contributed by atoms with Crippen LogP contribution in [0.15, 0.2) is 0 Å². The Morgan fingerprint density at radius 3 is 1.11 bits per heavy atom. The van der Waals surface area contributed by atoms with Gasteiger partial charge in [-0.05, 0) is 13.3 Å². The van der Waals surface area contributed by atoms with Crippen LogP contribution < -0.4 is 0 Å². The van der Waals surface area contributed by atoms with Crippen LogP contribution in [0.2, 0.25) is 0 Å². The van der Waals surface area contributed by atoms with E-state index in [9.17, 15) is 0 Å². The minimum atomic E-state index is -0.324. The summed E-state index contributed by atoms with van der Waals surface area (Å²) in [5.74, 6) is 0. The molecule has 0 aliphatic heterocycles. The minimum Gasteiger partial charge on any atom is -0.391 e. The van der Waals surface area contributed by atoms with Crippen molar-refractivity contribution in [3.05, 3.63) is 0 Å². The largest absolute Gasteiger partial charge is 0.391 e. The van der Waals surface area contributed by atoms with Gasteiger partial charge in [-0.2, -0.15) is 0 Å². The van der Waals surface area contributed by atoms with Gasteiger partial charge < -0.3 is 9.84 Å².